The molecule has 1 aliphatic rings. The molecule has 0 saturated carbocycles. The van der Waals surface area contributed by atoms with E-state index in [1.54, 1.807) is 12.1 Å². The number of hydrogen-bond acceptors (Lipinski definition) is 6. The van der Waals surface area contributed by atoms with Crippen molar-refractivity contribution in [2.24, 2.45) is 0 Å². The molecule has 0 unspecified atom stereocenters. The minimum absolute atomic E-state index is 0.159. The Kier molecular flexibility index (Phi) is 4.20. The largest absolute Gasteiger partial charge is 0.454 e. The highest BCUT2D eigenvalue weighted by molar-refractivity contribution is 7.29. The van der Waals surface area contributed by atoms with E-state index in [9.17, 15) is 4.79 Å². The molecule has 0 spiro atoms. The zero-order valence-electron chi connectivity index (χ0n) is 15.5. The molecule has 0 aliphatic heterocycles. The van der Waals surface area contributed by atoms with Gasteiger partial charge in [0.1, 0.15) is 10.4 Å². The number of ketones is 1. The topological polar surface area (TPSA) is 67.0 Å². The van der Waals surface area contributed by atoms with Crippen LogP contribution in [0.4, 0.5) is 0 Å². The predicted molar refractivity (Wildman–Crippen MR) is 128 cm³/mol. The quantitative estimate of drug-likeness (QED) is 0.263. The second-order valence-electron chi connectivity index (χ2n) is 7.06. The van der Waals surface area contributed by atoms with Gasteiger partial charge in [0.25, 0.3) is 0 Å². The average Bonchev–Trinajstić information content (AvgIpc) is 3.48. The lowest BCUT2D eigenvalue weighted by atomic mass is 10.1. The van der Waals surface area contributed by atoms with E-state index in [1.807, 2.05) is 36.4 Å². The summed E-state index contributed by atoms with van der Waals surface area (Å²) in [5.74, 6) is 0.526. The maximum Gasteiger partial charge on any atom is 0.195 e. The second kappa shape index (κ2) is 6.87. The first-order valence-electron chi connectivity index (χ1n) is 9.22. The maximum absolute atomic E-state index is 12.8. The highest BCUT2D eigenvalue weighted by Gasteiger charge is 2.31. The molecule has 6 rings (SSSR count). The van der Waals surface area contributed by atoms with Crippen LogP contribution < -0.4 is 0 Å². The Morgan fingerprint density at radius 3 is 2.55 bits per heavy atom. The summed E-state index contributed by atoms with van der Waals surface area (Å²) in [4.78, 5) is 19.3. The Bertz CT molecular complexity index is 1500. The second-order valence-corrected chi connectivity index (χ2v) is 9.97. The molecule has 0 saturated heterocycles. The first-order valence-corrected chi connectivity index (χ1v) is 11.6. The van der Waals surface area contributed by atoms with Crippen LogP contribution in [0.15, 0.2) is 58.5 Å². The summed E-state index contributed by atoms with van der Waals surface area (Å²) < 4.78 is 6.93. The number of fused-ring (bicyclic) bond motifs is 3. The average molecular weight is 481 g/mol. The Hall–Kier alpha value is -2.77. The molecule has 4 nitrogen and oxygen atoms in total. The Balaban J connectivity index is 1.37. The standard InChI is InChI=1S/C23H10Cl2N2O2S2/c24-15-8-12-13(9-16(15)25)21(28)14(20(12)26)6-11-7-19-23(30-11)27-22(31-19)18-5-10-3-1-2-4-17(10)29-18/h1-9,26H/b14-6-,26-20?. The van der Waals surface area contributed by atoms with E-state index < -0.39 is 0 Å². The molecule has 1 aliphatic carbocycles. The zero-order valence-corrected chi connectivity index (χ0v) is 18.7. The van der Waals surface area contributed by atoms with E-state index in [2.05, 4.69) is 0 Å². The van der Waals surface area contributed by atoms with E-state index in [0.717, 1.165) is 36.1 Å². The van der Waals surface area contributed by atoms with Gasteiger partial charge in [-0.25, -0.2) is 4.98 Å². The molecular weight excluding hydrogens is 471 g/mol. The molecule has 0 amide bonds. The summed E-state index contributed by atoms with van der Waals surface area (Å²) in [6.45, 7) is 0. The lowest BCUT2D eigenvalue weighted by Crippen LogP contribution is -1.99. The van der Waals surface area contributed by atoms with Crippen LogP contribution in [-0.4, -0.2) is 16.5 Å². The third-order valence-electron chi connectivity index (χ3n) is 5.12. The van der Waals surface area contributed by atoms with Gasteiger partial charge >= 0.3 is 0 Å². The third-order valence-corrected chi connectivity index (χ3v) is 7.96. The molecule has 0 radical (unpaired) electrons. The number of benzene rings is 2. The van der Waals surface area contributed by atoms with Crippen LogP contribution in [0.25, 0.3) is 37.3 Å². The molecule has 31 heavy (non-hydrogen) atoms. The lowest BCUT2D eigenvalue weighted by Gasteiger charge is -1.99. The zero-order chi connectivity index (χ0) is 21.3. The van der Waals surface area contributed by atoms with Crippen LogP contribution >= 0.6 is 45.9 Å². The summed E-state index contributed by atoms with van der Waals surface area (Å²) in [5.41, 5.74) is 2.24. The molecule has 2 aromatic carbocycles. The van der Waals surface area contributed by atoms with Crippen molar-refractivity contribution in [1.29, 1.82) is 5.41 Å². The third kappa shape index (κ3) is 2.98. The summed E-state index contributed by atoms with van der Waals surface area (Å²) in [5, 5.41) is 10.9. The normalized spacial score (nSPS) is 15.0. The van der Waals surface area contributed by atoms with Crippen molar-refractivity contribution < 1.29 is 9.21 Å². The molecule has 3 aromatic heterocycles. The summed E-state index contributed by atoms with van der Waals surface area (Å²) in [7, 11) is 0. The van der Waals surface area contributed by atoms with Crippen molar-refractivity contribution in [3.05, 3.63) is 80.2 Å². The van der Waals surface area contributed by atoms with Crippen molar-refractivity contribution in [2.75, 3.05) is 0 Å². The number of Topliss-reactive ketones (excluding diaryl/α,β-unsaturated/α-hetero) is 1. The van der Waals surface area contributed by atoms with Gasteiger partial charge < -0.3 is 4.42 Å². The molecule has 3 heterocycles. The van der Waals surface area contributed by atoms with Crippen molar-refractivity contribution in [1.82, 2.24) is 4.98 Å². The molecule has 1 N–H and O–H groups in total. The highest BCUT2D eigenvalue weighted by atomic mass is 35.5. The van der Waals surface area contributed by atoms with E-state index >= 15 is 0 Å². The first-order chi connectivity index (χ1) is 15.0. The van der Waals surface area contributed by atoms with Crippen LogP contribution in [-0.2, 0) is 0 Å². The number of rotatable bonds is 2. The Morgan fingerprint density at radius 2 is 1.77 bits per heavy atom. The van der Waals surface area contributed by atoms with Crippen LogP contribution in [0.5, 0.6) is 0 Å². The van der Waals surface area contributed by atoms with E-state index in [-0.39, 0.29) is 11.5 Å². The van der Waals surface area contributed by atoms with Crippen LogP contribution in [0.2, 0.25) is 10.0 Å². The van der Waals surface area contributed by atoms with E-state index in [0.29, 0.717) is 26.7 Å². The minimum atomic E-state index is -0.216. The first kappa shape index (κ1) is 19.0. The number of nitrogens with one attached hydrogen (secondary N) is 1. The van der Waals surface area contributed by atoms with Gasteiger partial charge in [-0.2, -0.15) is 0 Å². The number of carbonyl (C=O) groups is 1. The van der Waals surface area contributed by atoms with Crippen LogP contribution in [0.1, 0.15) is 20.8 Å². The van der Waals surface area contributed by atoms with Gasteiger partial charge in [0.15, 0.2) is 16.6 Å². The number of furan rings is 1. The number of thiazole rings is 1. The number of halogens is 2. The fraction of sp³-hybridized carbons (Fsp3) is 0. The van der Waals surface area contributed by atoms with Gasteiger partial charge in [0.2, 0.25) is 0 Å². The number of carbonyl (C=O) groups excluding carboxylic acids is 1. The molecule has 8 heteroatoms. The van der Waals surface area contributed by atoms with Gasteiger partial charge in [-0.3, -0.25) is 10.2 Å². The van der Waals surface area contributed by atoms with Gasteiger partial charge in [0.05, 0.1) is 20.5 Å². The van der Waals surface area contributed by atoms with Gasteiger partial charge in [-0.15, -0.1) is 22.7 Å². The number of aromatic nitrogens is 1. The van der Waals surface area contributed by atoms with Crippen molar-refractivity contribution >= 4 is 83.9 Å². The Labute approximate surface area is 193 Å². The van der Waals surface area contributed by atoms with E-state index in [4.69, 9.17) is 38.0 Å². The maximum atomic E-state index is 12.8. The summed E-state index contributed by atoms with van der Waals surface area (Å²) in [6, 6.07) is 15.0. The molecule has 150 valence electrons. The number of allylic oxidation sites excluding steroid dienone is 1. The highest BCUT2D eigenvalue weighted by Crippen LogP contribution is 2.39. The number of thiophene rings is 1. The Morgan fingerprint density at radius 1 is 1.00 bits per heavy atom. The van der Waals surface area contributed by atoms with Gasteiger partial charge in [-0.1, -0.05) is 41.4 Å². The smallest absolute Gasteiger partial charge is 0.195 e. The minimum Gasteiger partial charge on any atom is -0.454 e. The molecule has 0 atom stereocenters. The fourth-order valence-corrected chi connectivity index (χ4v) is 6.09. The number of hydrogen-bond donors (Lipinski definition) is 1. The number of para-hydroxylation sites is 1. The van der Waals surface area contributed by atoms with Gasteiger partial charge in [0, 0.05) is 27.0 Å². The monoisotopic (exact) mass is 480 g/mol. The predicted octanol–water partition coefficient (Wildman–Crippen LogP) is 7.73. The lowest BCUT2D eigenvalue weighted by molar-refractivity contribution is 0.104. The molecular formula is C23H10Cl2N2O2S2. The SMILES string of the molecule is N=C1/C(=C/c2cc3sc(-c4cc5ccccc5o4)nc3s2)C(=O)c2cc(Cl)c(Cl)cc21. The van der Waals surface area contributed by atoms with E-state index in [1.165, 1.54) is 28.7 Å². The fourth-order valence-electron chi connectivity index (χ4n) is 3.64. The van der Waals surface area contributed by atoms with Crippen LogP contribution in [0, 0.1) is 5.41 Å². The summed E-state index contributed by atoms with van der Waals surface area (Å²) in [6.07, 6.45) is 1.74. The van der Waals surface area contributed by atoms with Gasteiger partial charge in [-0.05, 0) is 36.4 Å². The molecule has 0 bridgehead atoms. The van der Waals surface area contributed by atoms with Crippen molar-refractivity contribution in [3.8, 4) is 10.8 Å². The summed E-state index contributed by atoms with van der Waals surface area (Å²) >= 11 is 15.1. The number of nitrogens with zero attached hydrogens (tertiary/aromatic N) is 1. The molecule has 0 fully saturated rings. The van der Waals surface area contributed by atoms with Crippen LogP contribution in [0.3, 0.4) is 0 Å². The molecule has 5 aromatic rings. The van der Waals surface area contributed by atoms with Crippen molar-refractivity contribution in [2.45, 2.75) is 0 Å². The van der Waals surface area contributed by atoms with Crippen molar-refractivity contribution in [3.63, 3.8) is 0 Å².